The van der Waals surface area contributed by atoms with Crippen LogP contribution in [0.25, 0.3) is 0 Å². The highest BCUT2D eigenvalue weighted by molar-refractivity contribution is 5.80. The molecule has 0 aliphatic rings. The van der Waals surface area contributed by atoms with Crippen LogP contribution in [-0.2, 0) is 6.18 Å². The minimum absolute atomic E-state index is 0.138. The second-order valence-electron chi connectivity index (χ2n) is 5.95. The lowest BCUT2D eigenvalue weighted by atomic mass is 10.1. The summed E-state index contributed by atoms with van der Waals surface area (Å²) in [5.74, 6) is 0.0453. The largest absolute Gasteiger partial charge is 0.573 e. The van der Waals surface area contributed by atoms with Gasteiger partial charge in [0.05, 0.1) is 11.8 Å². The fraction of sp³-hybridized carbons (Fsp3) is 0.105. The van der Waals surface area contributed by atoms with Crippen LogP contribution in [-0.4, -0.2) is 22.5 Å². The molecule has 2 N–H and O–H groups in total. The lowest BCUT2D eigenvalue weighted by Crippen LogP contribution is -2.17. The summed E-state index contributed by atoms with van der Waals surface area (Å²) in [5, 5.41) is 6.71. The Kier molecular flexibility index (Phi) is 6.28. The van der Waals surface area contributed by atoms with Crippen LogP contribution < -0.4 is 15.5 Å². The zero-order valence-electron chi connectivity index (χ0n) is 15.4. The highest BCUT2D eigenvalue weighted by Gasteiger charge is 2.31. The summed E-state index contributed by atoms with van der Waals surface area (Å²) in [7, 11) is 0. The number of anilines is 3. The zero-order chi connectivity index (χ0) is 22.5. The fourth-order valence-electron chi connectivity index (χ4n) is 2.28. The Morgan fingerprint density at radius 1 is 0.871 bits per heavy atom. The van der Waals surface area contributed by atoms with E-state index in [1.807, 2.05) is 0 Å². The lowest BCUT2D eigenvalue weighted by molar-refractivity contribution is -0.274. The predicted octanol–water partition coefficient (Wildman–Crippen LogP) is 5.58. The molecule has 0 bridgehead atoms. The summed E-state index contributed by atoms with van der Waals surface area (Å²) < 4.78 is 78.0. The second-order valence-corrected chi connectivity index (χ2v) is 5.95. The van der Waals surface area contributed by atoms with E-state index in [0.29, 0.717) is 11.3 Å². The van der Waals surface area contributed by atoms with Gasteiger partial charge in [-0.1, -0.05) is 12.1 Å². The van der Waals surface area contributed by atoms with E-state index < -0.39 is 18.1 Å². The summed E-state index contributed by atoms with van der Waals surface area (Å²) in [6.45, 7) is 0. The van der Waals surface area contributed by atoms with Gasteiger partial charge in [0.15, 0.2) is 5.82 Å². The zero-order valence-corrected chi connectivity index (χ0v) is 15.4. The van der Waals surface area contributed by atoms with E-state index in [-0.39, 0.29) is 17.5 Å². The molecule has 0 amide bonds. The molecule has 0 saturated carbocycles. The molecule has 0 radical (unpaired) electrons. The van der Waals surface area contributed by atoms with Crippen molar-refractivity contribution in [1.29, 1.82) is 0 Å². The molecule has 0 saturated heterocycles. The molecule has 3 aromatic rings. The van der Waals surface area contributed by atoms with E-state index in [0.717, 1.165) is 24.3 Å². The molecule has 1 aromatic heterocycles. The van der Waals surface area contributed by atoms with Gasteiger partial charge in [-0.3, -0.25) is 5.43 Å². The molecule has 0 unspecified atom stereocenters. The smallest absolute Gasteiger partial charge is 0.406 e. The van der Waals surface area contributed by atoms with Crippen molar-refractivity contribution in [3.63, 3.8) is 0 Å². The summed E-state index contributed by atoms with van der Waals surface area (Å²) in [5.41, 5.74) is 2.70. The van der Waals surface area contributed by atoms with Gasteiger partial charge in [-0.2, -0.15) is 23.3 Å². The number of aromatic nitrogens is 2. The Hall–Kier alpha value is -3.83. The maximum atomic E-state index is 12.6. The van der Waals surface area contributed by atoms with Crippen molar-refractivity contribution < 1.29 is 31.1 Å². The molecule has 6 nitrogen and oxygen atoms in total. The Bertz CT molecular complexity index is 1030. The summed E-state index contributed by atoms with van der Waals surface area (Å²) in [6, 6.07) is 10.9. The van der Waals surface area contributed by atoms with Gasteiger partial charge in [0.1, 0.15) is 5.75 Å². The van der Waals surface area contributed by atoms with Crippen molar-refractivity contribution >= 4 is 23.7 Å². The standard InChI is InChI=1S/C19H13F6N5O/c20-18(21,22)13-3-1-12(2-4-13)11-27-30-16-9-10-26-17(29-16)28-14-5-7-15(8-6-14)31-19(23,24)25/h1-11H,(H2,26,28,29,30)/b27-11+. The number of hydrogen-bond donors (Lipinski definition) is 2. The first-order valence-corrected chi connectivity index (χ1v) is 8.51. The number of nitrogens with zero attached hydrogens (tertiary/aromatic N) is 3. The van der Waals surface area contributed by atoms with Gasteiger partial charge in [-0.05, 0) is 42.0 Å². The number of ether oxygens (including phenoxy) is 1. The van der Waals surface area contributed by atoms with Crippen molar-refractivity contribution in [1.82, 2.24) is 9.97 Å². The van der Waals surface area contributed by atoms with Crippen LogP contribution in [0.3, 0.4) is 0 Å². The van der Waals surface area contributed by atoms with Crippen LogP contribution >= 0.6 is 0 Å². The summed E-state index contributed by atoms with van der Waals surface area (Å²) >= 11 is 0. The van der Waals surface area contributed by atoms with Crippen LogP contribution in [0.15, 0.2) is 65.9 Å². The predicted molar refractivity (Wildman–Crippen MR) is 101 cm³/mol. The molecular weight excluding hydrogens is 428 g/mol. The Morgan fingerprint density at radius 2 is 1.55 bits per heavy atom. The third kappa shape index (κ3) is 6.87. The second kappa shape index (κ2) is 8.90. The van der Waals surface area contributed by atoms with Gasteiger partial charge < -0.3 is 10.1 Å². The summed E-state index contributed by atoms with van der Waals surface area (Å²) in [6.07, 6.45) is -6.47. The Labute approximate surface area is 171 Å². The Morgan fingerprint density at radius 3 is 2.16 bits per heavy atom. The van der Waals surface area contributed by atoms with Crippen LogP contribution in [0.2, 0.25) is 0 Å². The molecule has 0 aliphatic heterocycles. The van der Waals surface area contributed by atoms with E-state index in [9.17, 15) is 26.3 Å². The molecule has 2 aromatic carbocycles. The van der Waals surface area contributed by atoms with E-state index in [1.165, 1.54) is 42.7 Å². The number of hydrogen-bond acceptors (Lipinski definition) is 6. The first-order chi connectivity index (χ1) is 14.6. The number of rotatable bonds is 6. The highest BCUT2D eigenvalue weighted by Crippen LogP contribution is 2.29. The van der Waals surface area contributed by atoms with Crippen LogP contribution in [0, 0.1) is 0 Å². The first-order valence-electron chi connectivity index (χ1n) is 8.51. The lowest BCUT2D eigenvalue weighted by Gasteiger charge is -2.10. The molecule has 12 heteroatoms. The first kappa shape index (κ1) is 21.9. The van der Waals surface area contributed by atoms with Crippen molar-refractivity contribution in [2.45, 2.75) is 12.5 Å². The quantitative estimate of drug-likeness (QED) is 0.297. The van der Waals surface area contributed by atoms with Crippen molar-refractivity contribution in [3.05, 3.63) is 71.9 Å². The minimum Gasteiger partial charge on any atom is -0.406 e. The molecule has 0 fully saturated rings. The third-order valence-corrected chi connectivity index (χ3v) is 3.63. The molecular formula is C19H13F6N5O. The minimum atomic E-state index is -4.78. The van der Waals surface area contributed by atoms with Gasteiger partial charge in [0, 0.05) is 18.0 Å². The molecule has 1 heterocycles. The van der Waals surface area contributed by atoms with Crippen LogP contribution in [0.1, 0.15) is 11.1 Å². The maximum Gasteiger partial charge on any atom is 0.573 e. The molecule has 0 aliphatic carbocycles. The number of nitrogens with one attached hydrogen (secondary N) is 2. The molecule has 3 rings (SSSR count). The van der Waals surface area contributed by atoms with Gasteiger partial charge in [-0.15, -0.1) is 13.2 Å². The normalized spacial score (nSPS) is 12.1. The molecule has 0 atom stereocenters. The van der Waals surface area contributed by atoms with E-state index in [1.54, 1.807) is 0 Å². The fourth-order valence-corrected chi connectivity index (χ4v) is 2.28. The SMILES string of the molecule is FC(F)(F)Oc1ccc(Nc2nccc(N/N=C/c3ccc(C(F)(F)F)cc3)n2)cc1. The van der Waals surface area contributed by atoms with E-state index >= 15 is 0 Å². The third-order valence-electron chi connectivity index (χ3n) is 3.63. The average molecular weight is 441 g/mol. The van der Waals surface area contributed by atoms with Crippen molar-refractivity contribution in [3.8, 4) is 5.75 Å². The van der Waals surface area contributed by atoms with Crippen LogP contribution in [0.5, 0.6) is 5.75 Å². The van der Waals surface area contributed by atoms with Gasteiger partial charge in [-0.25, -0.2) is 4.98 Å². The monoisotopic (exact) mass is 441 g/mol. The number of hydrazone groups is 1. The maximum absolute atomic E-state index is 12.6. The Balaban J connectivity index is 1.59. The molecule has 0 spiro atoms. The van der Waals surface area contributed by atoms with E-state index in [4.69, 9.17) is 0 Å². The van der Waals surface area contributed by atoms with E-state index in [2.05, 4.69) is 30.5 Å². The van der Waals surface area contributed by atoms with Crippen molar-refractivity contribution in [2.75, 3.05) is 10.7 Å². The number of alkyl halides is 6. The van der Waals surface area contributed by atoms with Crippen molar-refractivity contribution in [2.24, 2.45) is 5.10 Å². The molecule has 162 valence electrons. The number of benzene rings is 2. The van der Waals surface area contributed by atoms with Gasteiger partial charge in [0.2, 0.25) is 5.95 Å². The highest BCUT2D eigenvalue weighted by atomic mass is 19.4. The topological polar surface area (TPSA) is 71.4 Å². The average Bonchev–Trinajstić information content (AvgIpc) is 2.68. The summed E-state index contributed by atoms with van der Waals surface area (Å²) in [4.78, 5) is 8.10. The van der Waals surface area contributed by atoms with Gasteiger partial charge >= 0.3 is 12.5 Å². The van der Waals surface area contributed by atoms with Crippen LogP contribution in [0.4, 0.5) is 43.8 Å². The van der Waals surface area contributed by atoms with Gasteiger partial charge in [0.25, 0.3) is 0 Å². The molecule has 31 heavy (non-hydrogen) atoms. The number of halogens is 6.